The molecule has 4 rings (SSSR count). The van der Waals surface area contributed by atoms with Gasteiger partial charge < -0.3 is 26.0 Å². The quantitative estimate of drug-likeness (QED) is 0.142. The van der Waals surface area contributed by atoms with Gasteiger partial charge in [-0.2, -0.15) is 22.0 Å². The second kappa shape index (κ2) is 18.0. The summed E-state index contributed by atoms with van der Waals surface area (Å²) in [5, 5.41) is 1.92. The molecule has 1 fully saturated rings. The summed E-state index contributed by atoms with van der Waals surface area (Å²) in [6.07, 6.45) is -4.59. The fourth-order valence-electron chi connectivity index (χ4n) is 6.34. The van der Waals surface area contributed by atoms with E-state index in [4.69, 9.17) is 22.1 Å². The number of nitrogens with one attached hydrogen (secondary N) is 2. The topological polar surface area (TPSA) is 195 Å². The predicted molar refractivity (Wildman–Crippen MR) is 196 cm³/mol. The van der Waals surface area contributed by atoms with Crippen LogP contribution in [0.25, 0.3) is 0 Å². The molecule has 4 atom stereocenters. The molecule has 0 saturated carbocycles. The van der Waals surface area contributed by atoms with E-state index in [2.05, 4.69) is 10.3 Å². The maximum absolute atomic E-state index is 15.0. The number of nitrogens with two attached hydrogens (primary N) is 1. The van der Waals surface area contributed by atoms with Gasteiger partial charge in [0.25, 0.3) is 11.8 Å². The fraction of sp³-hybridized carbons (Fsp3) is 0.405. The van der Waals surface area contributed by atoms with Crippen molar-refractivity contribution in [2.24, 2.45) is 11.7 Å². The molecule has 3 aromatic rings. The second-order valence-electron chi connectivity index (χ2n) is 13.7. The highest BCUT2D eigenvalue weighted by Crippen LogP contribution is 2.34. The first kappa shape index (κ1) is 44.5. The number of benzene rings is 2. The Morgan fingerprint density at radius 2 is 1.67 bits per heavy atom. The van der Waals surface area contributed by atoms with Crippen LogP contribution in [0, 0.1) is 5.92 Å². The van der Waals surface area contributed by atoms with Gasteiger partial charge in [-0.15, -0.1) is 0 Å². The Balaban J connectivity index is 1.76. The number of alkyl halides is 5. The van der Waals surface area contributed by atoms with Gasteiger partial charge in [-0.25, -0.2) is 8.42 Å². The molecule has 57 heavy (non-hydrogen) atoms. The largest absolute Gasteiger partial charge is 0.497 e. The first-order valence-electron chi connectivity index (χ1n) is 17.3. The lowest BCUT2D eigenvalue weighted by atomic mass is 9.89. The first-order chi connectivity index (χ1) is 26.5. The molecule has 0 aliphatic carbocycles. The van der Waals surface area contributed by atoms with Crippen molar-refractivity contribution >= 4 is 50.9 Å². The molecule has 1 aromatic heterocycles. The van der Waals surface area contributed by atoms with Gasteiger partial charge in [0.1, 0.15) is 24.0 Å². The van der Waals surface area contributed by atoms with Crippen molar-refractivity contribution in [1.82, 2.24) is 20.5 Å². The summed E-state index contributed by atoms with van der Waals surface area (Å²) in [5.41, 5.74) is 6.11. The Bertz CT molecular complexity index is 2100. The number of sulfone groups is 1. The molecular formula is C37H39ClF5N5O8S. The summed E-state index contributed by atoms with van der Waals surface area (Å²) in [4.78, 5) is 71.5. The summed E-state index contributed by atoms with van der Waals surface area (Å²) < 4.78 is 101. The Morgan fingerprint density at radius 3 is 2.25 bits per heavy atom. The summed E-state index contributed by atoms with van der Waals surface area (Å²) in [6, 6.07) is 11.2. The maximum Gasteiger partial charge on any atom is 0.405 e. The van der Waals surface area contributed by atoms with Crippen LogP contribution in [0.5, 0.6) is 5.75 Å². The van der Waals surface area contributed by atoms with Crippen LogP contribution in [0.2, 0.25) is 5.02 Å². The highest BCUT2D eigenvalue weighted by Gasteiger charge is 2.53. The van der Waals surface area contributed by atoms with Crippen LogP contribution in [-0.2, 0) is 41.2 Å². The van der Waals surface area contributed by atoms with E-state index in [0.717, 1.165) is 10.2 Å². The van der Waals surface area contributed by atoms with Gasteiger partial charge in [-0.3, -0.25) is 29.0 Å². The molecule has 1 aliphatic rings. The number of ether oxygens (including phenoxy) is 1. The number of ketones is 1. The molecule has 0 radical (unpaired) electrons. The van der Waals surface area contributed by atoms with Crippen LogP contribution >= 0.6 is 11.6 Å². The molecule has 4 amide bonds. The van der Waals surface area contributed by atoms with Crippen molar-refractivity contribution in [3.05, 3.63) is 94.3 Å². The number of pyridine rings is 1. The zero-order valence-electron chi connectivity index (χ0n) is 30.7. The molecule has 13 nitrogen and oxygen atoms in total. The number of halogens is 6. The van der Waals surface area contributed by atoms with E-state index >= 15 is 8.78 Å². The minimum absolute atomic E-state index is 0.0124. The molecule has 1 aliphatic heterocycles. The number of methoxy groups -OCH3 is 1. The third kappa shape index (κ3) is 11.0. The number of primary amides is 1. The Kier molecular flexibility index (Phi) is 14.0. The number of rotatable bonds is 16. The molecule has 0 spiro atoms. The molecule has 2 heterocycles. The fourth-order valence-corrected chi connectivity index (χ4v) is 8.31. The number of nitrogens with zero attached hydrogens (tertiary/aromatic N) is 2. The first-order valence-corrected chi connectivity index (χ1v) is 19.4. The average molecular weight is 844 g/mol. The van der Waals surface area contributed by atoms with Gasteiger partial charge in [0.05, 0.1) is 30.1 Å². The highest BCUT2D eigenvalue weighted by molar-refractivity contribution is 7.91. The van der Waals surface area contributed by atoms with E-state index in [1.165, 1.54) is 69.6 Å². The van der Waals surface area contributed by atoms with Crippen LogP contribution in [-0.4, -0.2) is 97.3 Å². The summed E-state index contributed by atoms with van der Waals surface area (Å²) in [6.45, 7) is -0.352. The van der Waals surface area contributed by atoms with E-state index < -0.39 is 106 Å². The monoisotopic (exact) mass is 843 g/mol. The van der Waals surface area contributed by atoms with Crippen LogP contribution in [0.4, 0.5) is 22.0 Å². The van der Waals surface area contributed by atoms with Crippen molar-refractivity contribution in [1.29, 1.82) is 0 Å². The van der Waals surface area contributed by atoms with Gasteiger partial charge in [-0.05, 0) is 65.8 Å². The molecular weight excluding hydrogens is 805 g/mol. The van der Waals surface area contributed by atoms with Gasteiger partial charge in [-0.1, -0.05) is 55.8 Å². The average Bonchev–Trinajstić information content (AvgIpc) is 3.61. The lowest BCUT2D eigenvalue weighted by Crippen LogP contribution is -2.59. The number of hydrogen-bond donors (Lipinski definition) is 3. The van der Waals surface area contributed by atoms with Crippen LogP contribution in [0.3, 0.4) is 0 Å². The number of hydrogen-bond acceptors (Lipinski definition) is 9. The van der Waals surface area contributed by atoms with Crippen molar-refractivity contribution in [3.63, 3.8) is 0 Å². The molecule has 2 aromatic carbocycles. The van der Waals surface area contributed by atoms with E-state index in [-0.39, 0.29) is 22.7 Å². The van der Waals surface area contributed by atoms with E-state index in [9.17, 15) is 45.6 Å². The standard InChI is InChI=1S/C37H39ClF5N5O8S/c1-20(2)29(31(49)37(42,43)35(53)46-19-36(39,40)41)47-33(51)28-16-25(57(54,55)18-21-9-11-24(56-3)12-10-21)17-48(28)34(52)27(15-22-6-4-7-23(38)14-22)26-8-5-13-45-30(26)32(44)50/h4-14,20,25,27-29H,15-19H2,1-3H3,(H2,44,50)(H,46,53)(H,47,51)/t25-,27+,28+,29+/m1/s1. The van der Waals surface area contributed by atoms with Gasteiger partial charge in [0, 0.05) is 17.8 Å². The zero-order valence-corrected chi connectivity index (χ0v) is 32.3. The normalized spacial score (nSPS) is 17.1. The zero-order chi connectivity index (χ0) is 42.5. The van der Waals surface area contributed by atoms with Gasteiger partial charge >= 0.3 is 12.1 Å². The van der Waals surface area contributed by atoms with E-state index in [1.807, 2.05) is 0 Å². The number of Topliss-reactive ketones (excluding diaryl/α,β-unsaturated/α-hetero) is 1. The third-order valence-electron chi connectivity index (χ3n) is 9.25. The Hall–Kier alpha value is -5.17. The highest BCUT2D eigenvalue weighted by atomic mass is 35.5. The van der Waals surface area contributed by atoms with Gasteiger partial charge in [0.15, 0.2) is 9.84 Å². The summed E-state index contributed by atoms with van der Waals surface area (Å²) in [7, 11) is -2.79. The lowest BCUT2D eigenvalue weighted by molar-refractivity contribution is -0.165. The molecule has 0 bridgehead atoms. The molecule has 4 N–H and O–H groups in total. The Morgan fingerprint density at radius 1 is 1.00 bits per heavy atom. The number of aromatic nitrogens is 1. The smallest absolute Gasteiger partial charge is 0.405 e. The van der Waals surface area contributed by atoms with Crippen molar-refractivity contribution in [3.8, 4) is 5.75 Å². The molecule has 20 heteroatoms. The second-order valence-corrected chi connectivity index (χ2v) is 16.4. The number of amides is 4. The van der Waals surface area contributed by atoms with Crippen LogP contribution in [0.15, 0.2) is 66.9 Å². The third-order valence-corrected chi connectivity index (χ3v) is 11.6. The molecule has 0 unspecified atom stereocenters. The summed E-state index contributed by atoms with van der Waals surface area (Å²) >= 11 is 6.20. The van der Waals surface area contributed by atoms with E-state index in [1.54, 1.807) is 18.2 Å². The van der Waals surface area contributed by atoms with Crippen molar-refractivity contribution in [2.75, 3.05) is 20.2 Å². The molecule has 1 saturated heterocycles. The minimum atomic E-state index is -5.08. The lowest BCUT2D eigenvalue weighted by Gasteiger charge is -2.31. The van der Waals surface area contributed by atoms with E-state index in [0.29, 0.717) is 16.9 Å². The van der Waals surface area contributed by atoms with Crippen LogP contribution in [0.1, 0.15) is 53.4 Å². The Labute approximate surface area is 329 Å². The maximum atomic E-state index is 15.0. The molecule has 308 valence electrons. The number of carbonyl (C=O) groups is 5. The number of carbonyl (C=O) groups excluding carboxylic acids is 5. The number of likely N-dealkylation sites (tertiary alicyclic amines) is 1. The van der Waals surface area contributed by atoms with Gasteiger partial charge in [0.2, 0.25) is 17.6 Å². The van der Waals surface area contributed by atoms with Crippen LogP contribution < -0.4 is 21.1 Å². The SMILES string of the molecule is COc1ccc(CS(=O)(=O)[C@@H]2C[C@@H](C(=O)N[C@H](C(=O)C(F)(F)C(=O)NCC(F)(F)F)C(C)C)N(C(=O)[C@@H](Cc3cccc(Cl)c3)c3cccnc3C(N)=O)C2)cc1. The van der Waals surface area contributed by atoms with Crippen molar-refractivity contribution in [2.45, 2.75) is 67.8 Å². The summed E-state index contributed by atoms with van der Waals surface area (Å²) in [5.74, 6) is -15.7. The minimum Gasteiger partial charge on any atom is -0.497 e. The van der Waals surface area contributed by atoms with Crippen molar-refractivity contribution < 1.29 is 59.1 Å². The predicted octanol–water partition coefficient (Wildman–Crippen LogP) is 3.78.